The van der Waals surface area contributed by atoms with Crippen LogP contribution in [-0.4, -0.2) is 10.9 Å². The molecule has 2 nitrogen and oxygen atoms in total. The molecule has 0 aliphatic heterocycles. The Morgan fingerprint density at radius 3 is 2.27 bits per heavy atom. The summed E-state index contributed by atoms with van der Waals surface area (Å²) in [7, 11) is 0. The lowest BCUT2D eigenvalue weighted by Crippen LogP contribution is -1.91. The van der Waals surface area contributed by atoms with Gasteiger partial charge in [-0.25, -0.2) is 0 Å². The lowest BCUT2D eigenvalue weighted by atomic mass is 10.0. The summed E-state index contributed by atoms with van der Waals surface area (Å²) >= 11 is 0. The Hall–Kier alpha value is -1.93. The van der Waals surface area contributed by atoms with Crippen LogP contribution in [0, 0.1) is 13.8 Å². The van der Waals surface area contributed by atoms with Crippen LogP contribution in [0.25, 0.3) is 0 Å². The van der Waals surface area contributed by atoms with Gasteiger partial charge in [0.25, 0.3) is 0 Å². The summed E-state index contributed by atoms with van der Waals surface area (Å²) in [6.07, 6.45) is 3.40. The third kappa shape index (κ3) is 2.71. The van der Waals surface area contributed by atoms with Crippen molar-refractivity contribution in [3.63, 3.8) is 0 Å². The summed E-state index contributed by atoms with van der Waals surface area (Å²) in [6, 6.07) is 12.1. The van der Waals surface area contributed by atoms with E-state index >= 15 is 0 Å². The van der Waals surface area contributed by atoms with E-state index in [1.54, 1.807) is 0 Å². The molecule has 114 valence electrons. The van der Waals surface area contributed by atoms with Crippen molar-refractivity contribution >= 4 is 5.78 Å². The highest BCUT2D eigenvalue weighted by Gasteiger charge is 2.20. The number of carbonyl (C=O) groups excluding carboxylic acids is 1. The maximum absolute atomic E-state index is 11.2. The molecule has 1 N–H and O–H groups in total. The number of rotatable bonds is 0. The number of ketones is 1. The van der Waals surface area contributed by atoms with Gasteiger partial charge in [-0.1, -0.05) is 36.4 Å². The third-order valence-electron chi connectivity index (χ3n) is 4.79. The van der Waals surface area contributed by atoms with Crippen molar-refractivity contribution in [1.29, 1.82) is 0 Å². The van der Waals surface area contributed by atoms with Gasteiger partial charge in [0.2, 0.25) is 0 Å². The zero-order chi connectivity index (χ0) is 15.7. The highest BCUT2D eigenvalue weighted by Crippen LogP contribution is 2.32. The largest absolute Gasteiger partial charge is 0.388 e. The number of aliphatic hydroxyl groups excluding tert-OH is 1. The lowest BCUT2D eigenvalue weighted by Gasteiger charge is -2.04. The van der Waals surface area contributed by atoms with Crippen molar-refractivity contribution in [1.82, 2.24) is 0 Å². The molecule has 0 fully saturated rings. The van der Waals surface area contributed by atoms with E-state index in [0.717, 1.165) is 30.4 Å². The average molecular weight is 294 g/mol. The van der Waals surface area contributed by atoms with Gasteiger partial charge >= 0.3 is 0 Å². The van der Waals surface area contributed by atoms with E-state index < -0.39 is 0 Å². The zero-order valence-electron chi connectivity index (χ0n) is 13.2. The van der Waals surface area contributed by atoms with E-state index in [0.29, 0.717) is 12.2 Å². The molecule has 22 heavy (non-hydrogen) atoms. The number of Topliss-reactive ketones (excluding diaryl/α,β-unsaturated/α-hetero) is 1. The minimum Gasteiger partial charge on any atom is -0.388 e. The molecular formula is C20H22O2. The summed E-state index contributed by atoms with van der Waals surface area (Å²) in [6.45, 7) is 4.17. The van der Waals surface area contributed by atoms with Crippen molar-refractivity contribution < 1.29 is 9.90 Å². The molecule has 1 unspecified atom stereocenters. The number of hydrogen-bond donors (Lipinski definition) is 1. The van der Waals surface area contributed by atoms with E-state index in [-0.39, 0.29) is 6.10 Å². The molecular weight excluding hydrogens is 272 g/mol. The summed E-state index contributed by atoms with van der Waals surface area (Å²) in [5, 5.41) is 9.51. The fraction of sp³-hybridized carbons (Fsp3) is 0.350. The van der Waals surface area contributed by atoms with Crippen LogP contribution in [0.15, 0.2) is 36.4 Å². The van der Waals surface area contributed by atoms with Gasteiger partial charge in [0.05, 0.1) is 6.10 Å². The van der Waals surface area contributed by atoms with Gasteiger partial charge in [-0.15, -0.1) is 0 Å². The number of hydrogen-bond acceptors (Lipinski definition) is 2. The Kier molecular flexibility index (Phi) is 4.12. The molecule has 2 aliphatic rings. The predicted molar refractivity (Wildman–Crippen MR) is 88.3 cm³/mol. The number of carbonyl (C=O) groups is 1. The molecule has 2 aromatic carbocycles. The van der Waals surface area contributed by atoms with Crippen LogP contribution in [0.4, 0.5) is 0 Å². The lowest BCUT2D eigenvalue weighted by molar-refractivity contribution is 0.0994. The molecule has 2 aromatic rings. The van der Waals surface area contributed by atoms with Crippen LogP contribution in [0.5, 0.6) is 0 Å². The van der Waals surface area contributed by atoms with Gasteiger partial charge in [-0.2, -0.15) is 0 Å². The number of benzene rings is 2. The van der Waals surface area contributed by atoms with Crippen LogP contribution in [-0.2, 0) is 12.8 Å². The van der Waals surface area contributed by atoms with Crippen LogP contribution in [0.1, 0.15) is 57.1 Å². The third-order valence-corrected chi connectivity index (χ3v) is 4.79. The van der Waals surface area contributed by atoms with Crippen molar-refractivity contribution in [2.24, 2.45) is 0 Å². The molecule has 4 rings (SSSR count). The Morgan fingerprint density at radius 2 is 1.59 bits per heavy atom. The standard InChI is InChI=1S/C10H12O.C10H10O/c2*1-7-3-2-4-9-8(7)5-6-10(9)11/h2-4,10-11H,5-6H2,1H3;2-4H,5-6H2,1H3. The molecule has 1 atom stereocenters. The van der Waals surface area contributed by atoms with Crippen molar-refractivity contribution in [2.75, 3.05) is 0 Å². The van der Waals surface area contributed by atoms with Gasteiger partial charge in [0.15, 0.2) is 5.78 Å². The first-order valence-corrected chi connectivity index (χ1v) is 7.96. The topological polar surface area (TPSA) is 37.3 Å². The smallest absolute Gasteiger partial charge is 0.163 e. The van der Waals surface area contributed by atoms with Crippen molar-refractivity contribution in [2.45, 2.75) is 45.6 Å². The van der Waals surface area contributed by atoms with E-state index in [4.69, 9.17) is 0 Å². The zero-order valence-corrected chi connectivity index (χ0v) is 13.2. The predicted octanol–water partition coefficient (Wildman–Crippen LogP) is 4.10. The minimum absolute atomic E-state index is 0.204. The Labute approximate surface area is 131 Å². The van der Waals surface area contributed by atoms with E-state index in [2.05, 4.69) is 26.0 Å². The normalized spacial score (nSPS) is 18.5. The van der Waals surface area contributed by atoms with Gasteiger partial charge < -0.3 is 5.11 Å². The second-order valence-electron chi connectivity index (χ2n) is 6.22. The first-order valence-electron chi connectivity index (χ1n) is 7.96. The quantitative estimate of drug-likeness (QED) is 0.794. The first-order chi connectivity index (χ1) is 10.6. The number of aliphatic hydroxyl groups is 1. The van der Waals surface area contributed by atoms with Crippen LogP contribution in [0.2, 0.25) is 0 Å². The molecule has 0 amide bonds. The molecule has 2 heteroatoms. The molecule has 0 saturated heterocycles. The molecule has 2 aliphatic carbocycles. The second kappa shape index (κ2) is 6.05. The van der Waals surface area contributed by atoms with Crippen LogP contribution < -0.4 is 0 Å². The maximum Gasteiger partial charge on any atom is 0.163 e. The molecule has 0 radical (unpaired) electrons. The first kappa shape index (κ1) is 15.0. The Bertz CT molecular complexity index is 716. The van der Waals surface area contributed by atoms with Crippen LogP contribution >= 0.6 is 0 Å². The van der Waals surface area contributed by atoms with E-state index in [9.17, 15) is 9.90 Å². The molecule has 0 saturated carbocycles. The highest BCUT2D eigenvalue weighted by atomic mass is 16.3. The Balaban J connectivity index is 0.000000131. The SMILES string of the molecule is Cc1cccc2c1CCC2=O.Cc1cccc2c1CCC2O. The average Bonchev–Trinajstić information content (AvgIpc) is 3.07. The number of aryl methyl sites for hydroxylation is 2. The minimum atomic E-state index is -0.204. The summed E-state index contributed by atoms with van der Waals surface area (Å²) in [4.78, 5) is 11.2. The van der Waals surface area contributed by atoms with Gasteiger partial charge in [-0.3, -0.25) is 4.79 Å². The van der Waals surface area contributed by atoms with Crippen LogP contribution in [0.3, 0.4) is 0 Å². The fourth-order valence-electron chi connectivity index (χ4n) is 3.48. The number of fused-ring (bicyclic) bond motifs is 2. The summed E-state index contributed by atoms with van der Waals surface area (Å²) < 4.78 is 0. The van der Waals surface area contributed by atoms with Crippen molar-refractivity contribution in [3.8, 4) is 0 Å². The summed E-state index contributed by atoms with van der Waals surface area (Å²) in [5.74, 6) is 0.309. The van der Waals surface area contributed by atoms with Gasteiger partial charge in [0.1, 0.15) is 0 Å². The fourth-order valence-corrected chi connectivity index (χ4v) is 3.48. The molecule has 0 aromatic heterocycles. The Morgan fingerprint density at radius 1 is 0.909 bits per heavy atom. The monoisotopic (exact) mass is 294 g/mol. The summed E-state index contributed by atoms with van der Waals surface area (Å²) in [5.41, 5.74) is 7.29. The van der Waals surface area contributed by atoms with Crippen molar-refractivity contribution in [3.05, 3.63) is 69.8 Å². The van der Waals surface area contributed by atoms with E-state index in [1.807, 2.05) is 24.3 Å². The molecule has 0 spiro atoms. The van der Waals surface area contributed by atoms with Gasteiger partial charge in [-0.05, 0) is 60.9 Å². The molecule has 0 bridgehead atoms. The maximum atomic E-state index is 11.2. The van der Waals surface area contributed by atoms with Gasteiger partial charge in [0, 0.05) is 12.0 Å². The molecule has 0 heterocycles. The second-order valence-corrected chi connectivity index (χ2v) is 6.22. The highest BCUT2D eigenvalue weighted by molar-refractivity contribution is 6.00. The van der Waals surface area contributed by atoms with E-state index in [1.165, 1.54) is 22.3 Å².